The van der Waals surface area contributed by atoms with E-state index in [9.17, 15) is 18.0 Å². The van der Waals surface area contributed by atoms with Crippen LogP contribution in [0.4, 0.5) is 24.8 Å². The first-order valence-electron chi connectivity index (χ1n) is 16.6. The molecule has 9 nitrogen and oxygen atoms in total. The largest absolute Gasteiger partial charge is 0.416 e. The van der Waals surface area contributed by atoms with E-state index in [4.69, 9.17) is 4.98 Å². The number of nitrogens with zero attached hydrogens (tertiary/aromatic N) is 7. The van der Waals surface area contributed by atoms with Crippen LogP contribution in [0, 0.1) is 5.92 Å². The Morgan fingerprint density at radius 2 is 1.87 bits per heavy atom. The van der Waals surface area contributed by atoms with Gasteiger partial charge in [0.2, 0.25) is 0 Å². The van der Waals surface area contributed by atoms with Crippen molar-refractivity contribution in [2.75, 3.05) is 36.9 Å². The number of amides is 1. The highest BCUT2D eigenvalue weighted by Gasteiger charge is 2.45. The van der Waals surface area contributed by atoms with Gasteiger partial charge in [0.1, 0.15) is 23.8 Å². The third kappa shape index (κ3) is 5.73. The second-order valence-electron chi connectivity index (χ2n) is 14.4. The van der Waals surface area contributed by atoms with Crippen LogP contribution in [0.3, 0.4) is 0 Å². The lowest BCUT2D eigenvalue weighted by molar-refractivity contribution is -0.138. The molecule has 0 radical (unpaired) electrons. The Hall–Kier alpha value is -3.77. The molecule has 4 aliphatic rings. The number of hydrogen-bond acceptors (Lipinski definition) is 7. The minimum absolute atomic E-state index is 0.00754. The number of fused-ring (bicyclic) bond motifs is 1. The first-order valence-corrected chi connectivity index (χ1v) is 16.6. The molecule has 2 atom stereocenters. The van der Waals surface area contributed by atoms with E-state index < -0.39 is 23.1 Å². The molecule has 12 heteroatoms. The number of alkyl halides is 3. The summed E-state index contributed by atoms with van der Waals surface area (Å²) in [5.41, 5.74) is 1.37. The number of hydrogen-bond donors (Lipinski definition) is 1. The Balaban J connectivity index is 1.28. The van der Waals surface area contributed by atoms with E-state index in [-0.39, 0.29) is 29.8 Å². The van der Waals surface area contributed by atoms with Crippen molar-refractivity contribution >= 4 is 17.5 Å². The van der Waals surface area contributed by atoms with Crippen LogP contribution >= 0.6 is 0 Å². The number of nitrogens with one attached hydrogen (secondary N) is 1. The predicted molar refractivity (Wildman–Crippen MR) is 174 cm³/mol. The summed E-state index contributed by atoms with van der Waals surface area (Å²) in [5.74, 6) is 1.58. The number of piperazine rings is 1. The van der Waals surface area contributed by atoms with Crippen LogP contribution in [-0.2, 0) is 31.7 Å². The summed E-state index contributed by atoms with van der Waals surface area (Å²) in [7, 11) is 3.97. The Morgan fingerprint density at radius 3 is 2.49 bits per heavy atom. The number of allylic oxidation sites excluding steroid dienone is 2. The fourth-order valence-electron chi connectivity index (χ4n) is 7.78. The summed E-state index contributed by atoms with van der Waals surface area (Å²) in [6, 6.07) is 7.25. The first-order chi connectivity index (χ1) is 22.3. The number of pyridine rings is 1. The number of likely N-dealkylation sites (N-methyl/N-ethyl adjacent to an activating group) is 1. The number of halogens is 3. The van der Waals surface area contributed by atoms with Crippen molar-refractivity contribution < 1.29 is 18.0 Å². The number of aryl methyl sites for hydroxylation is 1. The summed E-state index contributed by atoms with van der Waals surface area (Å²) in [4.78, 5) is 24.9. The van der Waals surface area contributed by atoms with Crippen LogP contribution in [0.5, 0.6) is 0 Å². The molecule has 3 aromatic rings. The number of aromatic nitrogens is 4. The molecule has 1 saturated heterocycles. The Morgan fingerprint density at radius 1 is 1.11 bits per heavy atom. The van der Waals surface area contributed by atoms with Crippen LogP contribution in [0.25, 0.3) is 0 Å². The van der Waals surface area contributed by atoms with Gasteiger partial charge in [-0.25, -0.2) is 4.98 Å². The summed E-state index contributed by atoms with van der Waals surface area (Å²) in [6.45, 7) is 8.97. The van der Waals surface area contributed by atoms with Gasteiger partial charge in [0.25, 0.3) is 5.91 Å². The standard InChI is InChI=1S/C35H43F3N8O/c1-21(2)29-19-43(4)9-10-45(29)17-23-11-26-27(28(12-23)35(36,37)38)18-46(32(26)47)31-14-24(13-30(41-31)40-25-7-6-8-25)34(15-22(3)16-34)33-42-39-20-44(33)5/h11-15,20-21,25,29H,6-10,16-19H2,1-5H3,(H,40,41)/t29-,34-/m1/s1. The Bertz CT molecular complexity index is 1730. The minimum Gasteiger partial charge on any atom is -0.367 e. The monoisotopic (exact) mass is 648 g/mol. The summed E-state index contributed by atoms with van der Waals surface area (Å²) in [5, 5.41) is 12.1. The van der Waals surface area contributed by atoms with Crippen LogP contribution in [0.2, 0.25) is 0 Å². The smallest absolute Gasteiger partial charge is 0.367 e. The van der Waals surface area contributed by atoms with Crippen molar-refractivity contribution in [3.8, 4) is 0 Å². The average Bonchev–Trinajstić information content (AvgIpc) is 3.55. The molecule has 4 heterocycles. The molecule has 7 rings (SSSR count). The van der Waals surface area contributed by atoms with E-state index in [1.54, 1.807) is 12.4 Å². The van der Waals surface area contributed by atoms with Crippen molar-refractivity contribution in [2.45, 2.75) is 83.2 Å². The SMILES string of the molecule is CC1=C[C@@](c2cc(NC3CCC3)nc(N3Cc4c(cc(CN5CCN(C)C[C@@H]5C(C)C)cc4C(F)(F)F)C3=O)c2)(c2nncn2C)C1. The van der Waals surface area contributed by atoms with Crippen molar-refractivity contribution in [2.24, 2.45) is 13.0 Å². The number of carbonyl (C=O) groups is 1. The van der Waals surface area contributed by atoms with E-state index in [0.29, 0.717) is 36.1 Å². The zero-order valence-corrected chi connectivity index (χ0v) is 27.7. The van der Waals surface area contributed by atoms with E-state index in [0.717, 1.165) is 50.3 Å². The van der Waals surface area contributed by atoms with Gasteiger partial charge < -0.3 is 14.8 Å². The number of anilines is 2. The molecule has 1 N–H and O–H groups in total. The highest BCUT2D eigenvalue weighted by molar-refractivity contribution is 6.10. The molecule has 250 valence electrons. The molecule has 1 saturated carbocycles. The summed E-state index contributed by atoms with van der Waals surface area (Å²) in [6.07, 6.45) is 3.09. The second kappa shape index (κ2) is 11.7. The molecule has 0 unspecified atom stereocenters. The molecule has 1 aromatic carbocycles. The molecule has 2 aliphatic heterocycles. The Labute approximate surface area is 273 Å². The van der Waals surface area contributed by atoms with Crippen LogP contribution in [-0.4, -0.2) is 74.2 Å². The molecule has 1 amide bonds. The van der Waals surface area contributed by atoms with Gasteiger partial charge in [-0.05, 0) is 86.5 Å². The normalized spacial score (nSPS) is 23.9. The van der Waals surface area contributed by atoms with Crippen LogP contribution in [0.15, 0.2) is 42.2 Å². The van der Waals surface area contributed by atoms with Crippen molar-refractivity contribution in [3.05, 3.63) is 75.9 Å². The molecular weight excluding hydrogens is 605 g/mol. The van der Waals surface area contributed by atoms with E-state index in [1.807, 2.05) is 23.7 Å². The van der Waals surface area contributed by atoms with Crippen molar-refractivity contribution in [1.29, 1.82) is 0 Å². The van der Waals surface area contributed by atoms with Crippen molar-refractivity contribution in [1.82, 2.24) is 29.5 Å². The van der Waals surface area contributed by atoms with Gasteiger partial charge in [-0.1, -0.05) is 25.5 Å². The van der Waals surface area contributed by atoms with E-state index in [1.165, 1.54) is 16.5 Å². The zero-order valence-electron chi connectivity index (χ0n) is 27.7. The maximum Gasteiger partial charge on any atom is 0.416 e. The van der Waals surface area contributed by atoms with Crippen LogP contribution < -0.4 is 10.2 Å². The highest BCUT2D eigenvalue weighted by atomic mass is 19.4. The minimum atomic E-state index is -4.61. The maximum atomic E-state index is 14.7. The zero-order chi connectivity index (χ0) is 33.2. The fraction of sp³-hybridized carbons (Fsp3) is 0.543. The molecule has 0 bridgehead atoms. The quantitative estimate of drug-likeness (QED) is 0.311. The van der Waals surface area contributed by atoms with E-state index >= 15 is 0 Å². The van der Waals surface area contributed by atoms with Crippen molar-refractivity contribution in [3.63, 3.8) is 0 Å². The number of benzene rings is 1. The number of rotatable bonds is 8. The Kier molecular flexibility index (Phi) is 7.94. The molecule has 0 spiro atoms. The summed E-state index contributed by atoms with van der Waals surface area (Å²) >= 11 is 0. The lowest BCUT2D eigenvalue weighted by atomic mass is 9.66. The van der Waals surface area contributed by atoms with Gasteiger partial charge in [0, 0.05) is 50.9 Å². The fourth-order valence-corrected chi connectivity index (χ4v) is 7.78. The maximum absolute atomic E-state index is 14.7. The van der Waals surface area contributed by atoms with Crippen LogP contribution in [0.1, 0.15) is 84.9 Å². The third-order valence-corrected chi connectivity index (χ3v) is 10.5. The molecule has 2 aromatic heterocycles. The second-order valence-corrected chi connectivity index (χ2v) is 14.4. The van der Waals surface area contributed by atoms with Gasteiger partial charge in [0.05, 0.1) is 17.5 Å². The lowest BCUT2D eigenvalue weighted by Gasteiger charge is -2.42. The number of carbonyl (C=O) groups excluding carboxylic acids is 1. The average molecular weight is 649 g/mol. The molecular formula is C35H43F3N8O. The topological polar surface area (TPSA) is 82.4 Å². The van der Waals surface area contributed by atoms with Gasteiger partial charge >= 0.3 is 6.18 Å². The van der Waals surface area contributed by atoms with E-state index in [2.05, 4.69) is 59.2 Å². The van der Waals surface area contributed by atoms with Gasteiger partial charge in [0.15, 0.2) is 0 Å². The lowest BCUT2D eigenvalue weighted by Crippen LogP contribution is -2.53. The predicted octanol–water partition coefficient (Wildman–Crippen LogP) is 5.76. The van der Waals surface area contributed by atoms with Gasteiger partial charge in [-0.3, -0.25) is 14.6 Å². The molecule has 2 aliphatic carbocycles. The molecule has 47 heavy (non-hydrogen) atoms. The van der Waals surface area contributed by atoms with Gasteiger partial charge in [-0.15, -0.1) is 10.2 Å². The first kappa shape index (κ1) is 31.8. The highest BCUT2D eigenvalue weighted by Crippen LogP contribution is 2.48. The molecule has 2 fully saturated rings. The third-order valence-electron chi connectivity index (χ3n) is 10.5. The van der Waals surface area contributed by atoms with Gasteiger partial charge in [-0.2, -0.15) is 13.2 Å². The summed E-state index contributed by atoms with van der Waals surface area (Å²) < 4.78 is 45.9.